The van der Waals surface area contributed by atoms with Crippen LogP contribution in [0.15, 0.2) is 23.1 Å². The highest BCUT2D eigenvalue weighted by Crippen LogP contribution is 2.29. The van der Waals surface area contributed by atoms with Gasteiger partial charge in [-0.3, -0.25) is 0 Å². The molecule has 1 aromatic rings. The minimum atomic E-state index is -3.68. The Kier molecular flexibility index (Phi) is 6.25. The molecule has 114 valence electrons. The van der Waals surface area contributed by atoms with Crippen LogP contribution in [0, 0.1) is 0 Å². The number of nitrogens with one attached hydrogen (secondary N) is 1. The fraction of sp³-hybridized carbons (Fsp3) is 0.538. The molecule has 0 radical (unpaired) electrons. The molecule has 0 amide bonds. The van der Waals surface area contributed by atoms with E-state index >= 15 is 0 Å². The first-order valence-corrected chi connectivity index (χ1v) is 7.82. The van der Waals surface area contributed by atoms with Crippen molar-refractivity contribution in [2.75, 3.05) is 20.8 Å². The van der Waals surface area contributed by atoms with Crippen molar-refractivity contribution < 1.29 is 23.0 Å². The van der Waals surface area contributed by atoms with Crippen molar-refractivity contribution in [2.45, 2.75) is 30.8 Å². The third-order valence-corrected chi connectivity index (χ3v) is 4.22. The van der Waals surface area contributed by atoms with E-state index in [4.69, 9.17) is 9.47 Å². The molecule has 0 spiro atoms. The molecule has 0 saturated heterocycles. The van der Waals surface area contributed by atoms with Gasteiger partial charge in [-0.1, -0.05) is 13.3 Å². The van der Waals surface area contributed by atoms with Gasteiger partial charge >= 0.3 is 0 Å². The topological polar surface area (TPSA) is 84.9 Å². The molecule has 7 heteroatoms. The fourth-order valence-corrected chi connectivity index (χ4v) is 2.80. The Morgan fingerprint density at radius 3 is 2.45 bits per heavy atom. The Hall–Kier alpha value is -1.31. The molecule has 0 saturated carbocycles. The molecule has 0 heterocycles. The summed E-state index contributed by atoms with van der Waals surface area (Å²) in [5.41, 5.74) is 0. The monoisotopic (exact) mass is 303 g/mol. The van der Waals surface area contributed by atoms with Crippen molar-refractivity contribution >= 4 is 10.0 Å². The van der Waals surface area contributed by atoms with E-state index < -0.39 is 16.1 Å². The van der Waals surface area contributed by atoms with Crippen LogP contribution in [0.3, 0.4) is 0 Å². The summed E-state index contributed by atoms with van der Waals surface area (Å²) in [7, 11) is -0.762. The van der Waals surface area contributed by atoms with Gasteiger partial charge in [0, 0.05) is 12.6 Å². The fourth-order valence-electron chi connectivity index (χ4n) is 1.71. The van der Waals surface area contributed by atoms with Crippen LogP contribution >= 0.6 is 0 Å². The maximum Gasteiger partial charge on any atom is 0.240 e. The zero-order valence-electron chi connectivity index (χ0n) is 11.9. The van der Waals surface area contributed by atoms with Gasteiger partial charge in [0.15, 0.2) is 11.5 Å². The molecule has 6 nitrogen and oxygen atoms in total. The largest absolute Gasteiger partial charge is 0.493 e. The van der Waals surface area contributed by atoms with Crippen molar-refractivity contribution in [2.24, 2.45) is 0 Å². The van der Waals surface area contributed by atoms with Crippen molar-refractivity contribution in [3.63, 3.8) is 0 Å². The maximum atomic E-state index is 12.1. The number of benzene rings is 1. The van der Waals surface area contributed by atoms with E-state index in [9.17, 15) is 13.5 Å². The molecule has 0 aliphatic carbocycles. The van der Waals surface area contributed by atoms with Gasteiger partial charge in [-0.05, 0) is 18.6 Å². The van der Waals surface area contributed by atoms with Crippen LogP contribution in [-0.4, -0.2) is 40.4 Å². The number of aliphatic hydroxyl groups is 1. The first-order valence-electron chi connectivity index (χ1n) is 6.34. The second kappa shape index (κ2) is 7.47. The predicted molar refractivity (Wildman–Crippen MR) is 75.6 cm³/mol. The van der Waals surface area contributed by atoms with Crippen LogP contribution < -0.4 is 14.2 Å². The predicted octanol–water partition coefficient (Wildman–Crippen LogP) is 1.14. The van der Waals surface area contributed by atoms with Gasteiger partial charge in [0.1, 0.15) is 0 Å². The van der Waals surface area contributed by atoms with E-state index in [0.29, 0.717) is 17.9 Å². The van der Waals surface area contributed by atoms with Crippen LogP contribution in [0.25, 0.3) is 0 Å². The summed E-state index contributed by atoms with van der Waals surface area (Å²) in [6.45, 7) is 1.91. The number of ether oxygens (including phenoxy) is 2. The number of hydrogen-bond acceptors (Lipinski definition) is 5. The van der Waals surface area contributed by atoms with Gasteiger partial charge in [-0.15, -0.1) is 0 Å². The first-order chi connectivity index (χ1) is 9.44. The lowest BCUT2D eigenvalue weighted by molar-refractivity contribution is 0.167. The molecular formula is C13H21NO5S. The second-order valence-electron chi connectivity index (χ2n) is 4.31. The average molecular weight is 303 g/mol. The lowest BCUT2D eigenvalue weighted by Gasteiger charge is -2.13. The lowest BCUT2D eigenvalue weighted by Crippen LogP contribution is -2.32. The third-order valence-electron chi connectivity index (χ3n) is 2.80. The summed E-state index contributed by atoms with van der Waals surface area (Å²) in [5.74, 6) is 0.793. The standard InChI is InChI=1S/C13H21NO5S/c1-4-5-10(15)9-14-20(16,17)11-6-7-12(18-2)13(8-11)19-3/h6-8,10,14-15H,4-5,9H2,1-3H3. The Bertz CT molecular complexity index is 530. The molecule has 1 rings (SSSR count). The van der Waals surface area contributed by atoms with Crippen LogP contribution in [-0.2, 0) is 10.0 Å². The third kappa shape index (κ3) is 4.36. The highest BCUT2D eigenvalue weighted by Gasteiger charge is 2.18. The SMILES string of the molecule is CCCC(O)CNS(=O)(=O)c1ccc(OC)c(OC)c1. The van der Waals surface area contributed by atoms with Gasteiger partial charge in [-0.2, -0.15) is 0 Å². The summed E-state index contributed by atoms with van der Waals surface area (Å²) in [5, 5.41) is 9.57. The van der Waals surface area contributed by atoms with Crippen molar-refractivity contribution in [1.29, 1.82) is 0 Å². The number of sulfonamides is 1. The van der Waals surface area contributed by atoms with E-state index in [1.807, 2.05) is 6.92 Å². The van der Waals surface area contributed by atoms with Gasteiger partial charge < -0.3 is 14.6 Å². The van der Waals surface area contributed by atoms with Crippen LogP contribution in [0.1, 0.15) is 19.8 Å². The molecule has 0 aromatic heterocycles. The highest BCUT2D eigenvalue weighted by atomic mass is 32.2. The van der Waals surface area contributed by atoms with Gasteiger partial charge in [0.2, 0.25) is 10.0 Å². The molecule has 0 aliphatic rings. The Labute approximate surface area is 119 Å². The molecule has 0 fully saturated rings. The smallest absolute Gasteiger partial charge is 0.240 e. The molecular weight excluding hydrogens is 282 g/mol. The van der Waals surface area contributed by atoms with E-state index in [1.54, 1.807) is 0 Å². The molecule has 2 N–H and O–H groups in total. The van der Waals surface area contributed by atoms with Crippen molar-refractivity contribution in [1.82, 2.24) is 4.72 Å². The van der Waals surface area contributed by atoms with Crippen LogP contribution in [0.5, 0.6) is 11.5 Å². The minimum absolute atomic E-state index is 0.00941. The average Bonchev–Trinajstić information content (AvgIpc) is 2.44. The van der Waals surface area contributed by atoms with Crippen LogP contribution in [0.2, 0.25) is 0 Å². The molecule has 0 aliphatic heterocycles. The van der Waals surface area contributed by atoms with Crippen LogP contribution in [0.4, 0.5) is 0 Å². The number of rotatable bonds is 8. The number of aliphatic hydroxyl groups excluding tert-OH is 1. The Morgan fingerprint density at radius 2 is 1.90 bits per heavy atom. The van der Waals surface area contributed by atoms with E-state index in [0.717, 1.165) is 6.42 Å². The molecule has 1 unspecified atom stereocenters. The minimum Gasteiger partial charge on any atom is -0.493 e. The maximum absolute atomic E-state index is 12.1. The Balaban J connectivity index is 2.87. The summed E-state index contributed by atoms with van der Waals surface area (Å²) in [6, 6.07) is 4.33. The highest BCUT2D eigenvalue weighted by molar-refractivity contribution is 7.89. The van der Waals surface area contributed by atoms with Gasteiger partial charge in [0.05, 0.1) is 25.2 Å². The van der Waals surface area contributed by atoms with E-state index in [2.05, 4.69) is 4.72 Å². The summed E-state index contributed by atoms with van der Waals surface area (Å²) in [4.78, 5) is 0.0684. The quantitative estimate of drug-likeness (QED) is 0.752. The molecule has 20 heavy (non-hydrogen) atoms. The first kappa shape index (κ1) is 16.7. The molecule has 1 aromatic carbocycles. The number of methoxy groups -OCH3 is 2. The summed E-state index contributed by atoms with van der Waals surface area (Å²) < 4.78 is 36.7. The van der Waals surface area contributed by atoms with E-state index in [-0.39, 0.29) is 11.4 Å². The zero-order valence-corrected chi connectivity index (χ0v) is 12.7. The second-order valence-corrected chi connectivity index (χ2v) is 6.08. The zero-order chi connectivity index (χ0) is 15.2. The number of hydrogen-bond donors (Lipinski definition) is 2. The normalized spacial score (nSPS) is 13.0. The summed E-state index contributed by atoms with van der Waals surface area (Å²) in [6.07, 6.45) is 0.656. The van der Waals surface area contributed by atoms with Gasteiger partial charge in [-0.25, -0.2) is 13.1 Å². The summed E-state index contributed by atoms with van der Waals surface area (Å²) >= 11 is 0. The lowest BCUT2D eigenvalue weighted by atomic mass is 10.2. The van der Waals surface area contributed by atoms with Crippen molar-refractivity contribution in [3.8, 4) is 11.5 Å². The van der Waals surface area contributed by atoms with Gasteiger partial charge in [0.25, 0.3) is 0 Å². The molecule has 0 bridgehead atoms. The molecule has 1 atom stereocenters. The Morgan fingerprint density at radius 1 is 1.25 bits per heavy atom. The van der Waals surface area contributed by atoms with Crippen molar-refractivity contribution in [3.05, 3.63) is 18.2 Å². The van der Waals surface area contributed by atoms with E-state index in [1.165, 1.54) is 32.4 Å².